The van der Waals surface area contributed by atoms with E-state index in [1.54, 1.807) is 61.5 Å². The van der Waals surface area contributed by atoms with Crippen molar-refractivity contribution in [2.75, 3.05) is 15.6 Å². The second-order valence-corrected chi connectivity index (χ2v) is 11.7. The zero-order chi connectivity index (χ0) is 23.1. The van der Waals surface area contributed by atoms with E-state index in [1.807, 2.05) is 19.9 Å². The van der Waals surface area contributed by atoms with Crippen LogP contribution < -0.4 is 9.03 Å². The van der Waals surface area contributed by atoms with Crippen molar-refractivity contribution in [2.24, 2.45) is 0 Å². The molecule has 1 N–H and O–H groups in total. The molecule has 3 aromatic rings. The summed E-state index contributed by atoms with van der Waals surface area (Å²) < 4.78 is 56.5. The normalized spacial score (nSPS) is 14.2. The van der Waals surface area contributed by atoms with Crippen molar-refractivity contribution in [3.8, 4) is 0 Å². The highest BCUT2D eigenvalue weighted by atomic mass is 32.2. The van der Waals surface area contributed by atoms with Gasteiger partial charge in [0, 0.05) is 12.2 Å². The van der Waals surface area contributed by atoms with Crippen molar-refractivity contribution >= 4 is 31.4 Å². The zero-order valence-electron chi connectivity index (χ0n) is 18.3. The van der Waals surface area contributed by atoms with Crippen molar-refractivity contribution in [2.45, 2.75) is 43.4 Å². The number of nitrogens with one attached hydrogen (secondary N) is 1. The summed E-state index contributed by atoms with van der Waals surface area (Å²) >= 11 is 0. The molecule has 0 saturated heterocycles. The number of hydrogen-bond acceptors (Lipinski definition) is 4. The van der Waals surface area contributed by atoms with Crippen LogP contribution in [0, 0.1) is 20.8 Å². The van der Waals surface area contributed by atoms with Gasteiger partial charge in [0.15, 0.2) is 0 Å². The van der Waals surface area contributed by atoms with E-state index in [0.29, 0.717) is 36.3 Å². The lowest BCUT2D eigenvalue weighted by Gasteiger charge is -2.31. The first-order chi connectivity index (χ1) is 15.1. The zero-order valence-corrected chi connectivity index (χ0v) is 19.9. The minimum Gasteiger partial charge on any atom is -0.280 e. The highest BCUT2D eigenvalue weighted by Gasteiger charge is 2.29. The van der Waals surface area contributed by atoms with Gasteiger partial charge in [-0.3, -0.25) is 9.03 Å². The van der Waals surface area contributed by atoms with E-state index < -0.39 is 20.0 Å². The molecule has 0 amide bonds. The average molecular weight is 471 g/mol. The molecular formula is C24H26N2O4S2. The summed E-state index contributed by atoms with van der Waals surface area (Å²) in [5, 5.41) is 0. The number of sulfonamides is 2. The monoisotopic (exact) mass is 470 g/mol. The molecule has 8 heteroatoms. The molecule has 0 saturated carbocycles. The summed E-state index contributed by atoms with van der Waals surface area (Å²) in [5.74, 6) is 0. The van der Waals surface area contributed by atoms with Gasteiger partial charge < -0.3 is 0 Å². The minimum atomic E-state index is -3.76. The molecule has 3 aromatic carbocycles. The van der Waals surface area contributed by atoms with Crippen molar-refractivity contribution in [3.05, 3.63) is 82.9 Å². The van der Waals surface area contributed by atoms with Gasteiger partial charge in [-0.05, 0) is 86.7 Å². The van der Waals surface area contributed by atoms with Gasteiger partial charge in [0.1, 0.15) is 0 Å². The van der Waals surface area contributed by atoms with Crippen LogP contribution in [0.5, 0.6) is 0 Å². The van der Waals surface area contributed by atoms with E-state index >= 15 is 0 Å². The van der Waals surface area contributed by atoms with E-state index in [4.69, 9.17) is 0 Å². The molecule has 1 aliphatic heterocycles. The average Bonchev–Trinajstić information content (AvgIpc) is 2.74. The summed E-state index contributed by atoms with van der Waals surface area (Å²) in [6.45, 7) is 5.90. The second kappa shape index (κ2) is 8.26. The number of nitrogens with zero attached hydrogens (tertiary/aromatic N) is 1. The minimum absolute atomic E-state index is 0.235. The molecule has 4 rings (SSSR count). The van der Waals surface area contributed by atoms with Gasteiger partial charge in [0.2, 0.25) is 0 Å². The SMILES string of the molecule is Cc1ccc(S(=O)(=O)N2CCCc3cc(NS(=O)(=O)c4cc(C)ccc4C)ccc32)cc1. The summed E-state index contributed by atoms with van der Waals surface area (Å²) in [6, 6.07) is 17.1. The Balaban J connectivity index is 1.66. The van der Waals surface area contributed by atoms with Crippen molar-refractivity contribution in [1.29, 1.82) is 0 Å². The molecule has 32 heavy (non-hydrogen) atoms. The summed E-state index contributed by atoms with van der Waals surface area (Å²) in [4.78, 5) is 0.481. The molecule has 6 nitrogen and oxygen atoms in total. The highest BCUT2D eigenvalue weighted by molar-refractivity contribution is 7.93. The van der Waals surface area contributed by atoms with Crippen LogP contribution in [0.3, 0.4) is 0 Å². The standard InChI is InChI=1S/C24H26N2O4S2/c1-17-7-11-22(12-8-17)32(29,30)26-14-4-5-20-16-21(10-13-23(20)26)25-31(27,28)24-15-18(2)6-9-19(24)3/h6-13,15-16,25H,4-5,14H2,1-3H3. The fourth-order valence-electron chi connectivity index (χ4n) is 3.92. The second-order valence-electron chi connectivity index (χ2n) is 8.21. The Morgan fingerprint density at radius 1 is 0.812 bits per heavy atom. The topological polar surface area (TPSA) is 83.6 Å². The molecule has 1 aliphatic rings. The molecule has 0 fully saturated rings. The first-order valence-electron chi connectivity index (χ1n) is 10.4. The Kier molecular flexibility index (Phi) is 5.77. The number of fused-ring (bicyclic) bond motifs is 1. The number of anilines is 2. The van der Waals surface area contributed by atoms with Crippen LogP contribution >= 0.6 is 0 Å². The van der Waals surface area contributed by atoms with Gasteiger partial charge in [0.25, 0.3) is 20.0 Å². The predicted molar refractivity (Wildman–Crippen MR) is 127 cm³/mol. The molecule has 168 valence electrons. The molecule has 0 unspecified atom stereocenters. The molecule has 1 heterocycles. The Labute approximate surface area is 190 Å². The maximum atomic E-state index is 13.2. The van der Waals surface area contributed by atoms with E-state index in [9.17, 15) is 16.8 Å². The van der Waals surface area contributed by atoms with Gasteiger partial charge >= 0.3 is 0 Å². The van der Waals surface area contributed by atoms with E-state index in [2.05, 4.69) is 4.72 Å². The Morgan fingerprint density at radius 3 is 2.22 bits per heavy atom. The van der Waals surface area contributed by atoms with E-state index in [0.717, 1.165) is 16.7 Å². The smallest absolute Gasteiger partial charge is 0.264 e. The largest absolute Gasteiger partial charge is 0.280 e. The van der Waals surface area contributed by atoms with Gasteiger partial charge in [-0.25, -0.2) is 16.8 Å². The molecule has 0 atom stereocenters. The van der Waals surface area contributed by atoms with Crippen LogP contribution in [-0.2, 0) is 26.5 Å². The molecule has 0 bridgehead atoms. The fraction of sp³-hybridized carbons (Fsp3) is 0.250. The first-order valence-corrected chi connectivity index (χ1v) is 13.3. The number of benzene rings is 3. The van der Waals surface area contributed by atoms with Crippen LogP contribution in [0.25, 0.3) is 0 Å². The van der Waals surface area contributed by atoms with Crippen LogP contribution in [0.4, 0.5) is 11.4 Å². The lowest BCUT2D eigenvalue weighted by molar-refractivity contribution is 0.586. The third kappa shape index (κ3) is 4.25. The Morgan fingerprint density at radius 2 is 1.50 bits per heavy atom. The summed E-state index contributed by atoms with van der Waals surface area (Å²) in [5.41, 5.74) is 4.32. The molecular weight excluding hydrogens is 444 g/mol. The van der Waals surface area contributed by atoms with Gasteiger partial charge in [-0.1, -0.05) is 29.8 Å². The van der Waals surface area contributed by atoms with Gasteiger partial charge in [-0.2, -0.15) is 0 Å². The first kappa shape index (κ1) is 22.4. The third-order valence-electron chi connectivity index (χ3n) is 5.65. The lowest BCUT2D eigenvalue weighted by Crippen LogP contribution is -2.35. The van der Waals surface area contributed by atoms with Crippen molar-refractivity contribution in [3.63, 3.8) is 0 Å². The quantitative estimate of drug-likeness (QED) is 0.593. The van der Waals surface area contributed by atoms with Crippen LogP contribution in [0.1, 0.15) is 28.7 Å². The van der Waals surface area contributed by atoms with E-state index in [-0.39, 0.29) is 9.79 Å². The maximum absolute atomic E-state index is 13.2. The van der Waals surface area contributed by atoms with Crippen molar-refractivity contribution in [1.82, 2.24) is 0 Å². The third-order valence-corrected chi connectivity index (χ3v) is 9.00. The molecule has 0 radical (unpaired) electrons. The van der Waals surface area contributed by atoms with Crippen molar-refractivity contribution < 1.29 is 16.8 Å². The number of aryl methyl sites for hydroxylation is 4. The van der Waals surface area contributed by atoms with Crippen LogP contribution in [0.2, 0.25) is 0 Å². The Hall–Kier alpha value is -2.84. The molecule has 0 aliphatic carbocycles. The van der Waals surface area contributed by atoms with Crippen LogP contribution in [0.15, 0.2) is 70.5 Å². The van der Waals surface area contributed by atoms with E-state index in [1.165, 1.54) is 4.31 Å². The molecule has 0 aromatic heterocycles. The maximum Gasteiger partial charge on any atom is 0.264 e. The Bertz CT molecular complexity index is 1380. The van der Waals surface area contributed by atoms with Gasteiger partial charge in [0.05, 0.1) is 15.5 Å². The fourth-order valence-corrected chi connectivity index (χ4v) is 6.84. The predicted octanol–water partition coefficient (Wildman–Crippen LogP) is 4.55. The summed E-state index contributed by atoms with van der Waals surface area (Å²) in [6.07, 6.45) is 1.33. The van der Waals surface area contributed by atoms with Crippen LogP contribution in [-0.4, -0.2) is 23.4 Å². The molecule has 0 spiro atoms. The lowest BCUT2D eigenvalue weighted by atomic mass is 10.0. The number of rotatable bonds is 5. The number of hydrogen-bond donors (Lipinski definition) is 1. The van der Waals surface area contributed by atoms with Gasteiger partial charge in [-0.15, -0.1) is 0 Å². The highest BCUT2D eigenvalue weighted by Crippen LogP contribution is 2.34. The summed E-state index contributed by atoms with van der Waals surface area (Å²) in [7, 11) is -7.46.